The summed E-state index contributed by atoms with van der Waals surface area (Å²) in [6.45, 7) is 17.6. The van der Waals surface area contributed by atoms with Gasteiger partial charge in [0.1, 0.15) is 11.4 Å². The maximum atomic E-state index is 6.41. The van der Waals surface area contributed by atoms with Crippen LogP contribution in [0.25, 0.3) is 121 Å². The standard InChI is InChI=1S/C66H52N6/c1-37-9-17-54-46(29-37)47-30-38(2)10-18-55(47)69(54)63-62(45-25-27-67-28-26-45)64(70-56-19-11-39(3)31-48(56)49-32-40(4)12-20-57(49)70)66(72-60-23-15-43(7)35-52(60)53-36-44(8)16-24-61(53)72)68-65(63)71-58-21-13-41(5)33-50(58)51-34-42(6)14-22-59(51)71/h9-36H,1-8H3. The summed E-state index contributed by atoms with van der Waals surface area (Å²) >= 11 is 0. The predicted molar refractivity (Wildman–Crippen MR) is 303 cm³/mol. The fraction of sp³-hybridized carbons (Fsp3) is 0.121. The molecule has 6 heterocycles. The van der Waals surface area contributed by atoms with Gasteiger partial charge in [-0.2, -0.15) is 0 Å². The molecule has 0 N–H and O–H groups in total. The van der Waals surface area contributed by atoms with E-state index in [9.17, 15) is 0 Å². The fourth-order valence-corrected chi connectivity index (χ4v) is 12.0. The van der Waals surface area contributed by atoms with Crippen molar-refractivity contribution in [2.24, 2.45) is 0 Å². The average molecular weight is 929 g/mol. The second-order valence-corrected chi connectivity index (χ2v) is 20.6. The number of benzene rings is 8. The minimum Gasteiger partial charge on any atom is -0.305 e. The first-order valence-electron chi connectivity index (χ1n) is 25.0. The van der Waals surface area contributed by atoms with Gasteiger partial charge in [-0.1, -0.05) is 93.0 Å². The third kappa shape index (κ3) is 6.08. The Morgan fingerprint density at radius 2 is 0.486 bits per heavy atom. The van der Waals surface area contributed by atoms with E-state index < -0.39 is 0 Å². The molecule has 0 aliphatic rings. The second-order valence-electron chi connectivity index (χ2n) is 20.6. The van der Waals surface area contributed by atoms with Crippen molar-refractivity contribution in [1.29, 1.82) is 0 Å². The number of fused-ring (bicyclic) bond motifs is 12. The summed E-state index contributed by atoms with van der Waals surface area (Å²) in [6.07, 6.45) is 3.88. The highest BCUT2D eigenvalue weighted by Gasteiger charge is 2.32. The molecule has 0 bridgehead atoms. The molecule has 14 aromatic rings. The van der Waals surface area contributed by atoms with Gasteiger partial charge in [0.05, 0.1) is 44.1 Å². The van der Waals surface area contributed by atoms with E-state index in [0.717, 1.165) is 78.3 Å². The van der Waals surface area contributed by atoms with E-state index in [1.807, 2.05) is 12.4 Å². The molecule has 8 aromatic carbocycles. The fourth-order valence-electron chi connectivity index (χ4n) is 12.0. The third-order valence-corrected chi connectivity index (χ3v) is 15.3. The highest BCUT2D eigenvalue weighted by molar-refractivity contribution is 6.16. The van der Waals surface area contributed by atoms with Crippen molar-refractivity contribution in [3.05, 3.63) is 215 Å². The maximum absolute atomic E-state index is 6.41. The normalized spacial score (nSPS) is 12.2. The first-order valence-corrected chi connectivity index (χ1v) is 25.0. The smallest absolute Gasteiger partial charge is 0.165 e. The Labute approximate surface area is 417 Å². The van der Waals surface area contributed by atoms with Gasteiger partial charge in [-0.25, -0.2) is 4.98 Å². The molecule has 6 heteroatoms. The van der Waals surface area contributed by atoms with Gasteiger partial charge in [0.25, 0.3) is 0 Å². The molecule has 0 atom stereocenters. The highest BCUT2D eigenvalue weighted by Crippen LogP contribution is 2.49. The zero-order chi connectivity index (χ0) is 48.8. The second kappa shape index (κ2) is 15.4. The lowest BCUT2D eigenvalue weighted by molar-refractivity contribution is 0.960. The first-order chi connectivity index (χ1) is 35.0. The molecule has 0 aliphatic heterocycles. The summed E-state index contributed by atoms with van der Waals surface area (Å²) in [4.78, 5) is 11.1. The van der Waals surface area contributed by atoms with E-state index in [2.05, 4.69) is 231 Å². The van der Waals surface area contributed by atoms with Crippen LogP contribution in [0, 0.1) is 55.4 Å². The summed E-state index contributed by atoms with van der Waals surface area (Å²) in [7, 11) is 0. The van der Waals surface area contributed by atoms with E-state index in [0.29, 0.717) is 0 Å². The molecule has 0 fully saturated rings. The van der Waals surface area contributed by atoms with E-state index in [1.54, 1.807) is 0 Å². The molecule has 72 heavy (non-hydrogen) atoms. The predicted octanol–water partition coefficient (Wildman–Crippen LogP) is 17.0. The van der Waals surface area contributed by atoms with Crippen molar-refractivity contribution in [1.82, 2.24) is 28.2 Å². The van der Waals surface area contributed by atoms with Gasteiger partial charge in [-0.15, -0.1) is 0 Å². The Morgan fingerprint density at radius 3 is 0.722 bits per heavy atom. The molecule has 0 unspecified atom stereocenters. The molecule has 6 aromatic heterocycles. The van der Waals surface area contributed by atoms with Gasteiger partial charge in [0.15, 0.2) is 11.6 Å². The summed E-state index contributed by atoms with van der Waals surface area (Å²) in [5.74, 6) is 1.66. The van der Waals surface area contributed by atoms with Crippen LogP contribution in [0.2, 0.25) is 0 Å². The Bertz CT molecular complexity index is 4140. The van der Waals surface area contributed by atoms with Crippen molar-refractivity contribution in [2.75, 3.05) is 0 Å². The number of hydrogen-bond donors (Lipinski definition) is 0. The minimum absolute atomic E-state index is 0.829. The number of rotatable bonds is 5. The summed E-state index contributed by atoms with van der Waals surface area (Å²) in [6, 6.07) is 59.6. The van der Waals surface area contributed by atoms with E-state index in [1.165, 1.54) is 87.6 Å². The molecule has 14 rings (SSSR count). The summed E-state index contributed by atoms with van der Waals surface area (Å²) < 4.78 is 9.96. The minimum atomic E-state index is 0.829. The van der Waals surface area contributed by atoms with Gasteiger partial charge in [-0.05, 0) is 170 Å². The number of aryl methyl sites for hydroxylation is 8. The number of aromatic nitrogens is 6. The van der Waals surface area contributed by atoms with E-state index in [4.69, 9.17) is 9.97 Å². The van der Waals surface area contributed by atoms with Crippen molar-refractivity contribution in [3.63, 3.8) is 0 Å². The van der Waals surface area contributed by atoms with Crippen LogP contribution in [-0.2, 0) is 0 Å². The zero-order valence-electron chi connectivity index (χ0n) is 41.8. The number of hydrogen-bond acceptors (Lipinski definition) is 2. The lowest BCUT2D eigenvalue weighted by atomic mass is 10.0. The van der Waals surface area contributed by atoms with Crippen molar-refractivity contribution >= 4 is 87.2 Å². The molecule has 0 spiro atoms. The Morgan fingerprint density at radius 1 is 0.264 bits per heavy atom. The molecular formula is C66H52N6. The quantitative estimate of drug-likeness (QED) is 0.173. The maximum Gasteiger partial charge on any atom is 0.165 e. The van der Waals surface area contributed by atoms with Crippen molar-refractivity contribution in [2.45, 2.75) is 55.4 Å². The van der Waals surface area contributed by atoms with Crippen LogP contribution in [0.4, 0.5) is 0 Å². The molecule has 0 aliphatic carbocycles. The van der Waals surface area contributed by atoms with E-state index >= 15 is 0 Å². The highest BCUT2D eigenvalue weighted by atomic mass is 15.2. The van der Waals surface area contributed by atoms with E-state index in [-0.39, 0.29) is 0 Å². The molecule has 0 amide bonds. The van der Waals surface area contributed by atoms with Crippen LogP contribution in [0.15, 0.2) is 170 Å². The lowest BCUT2D eigenvalue weighted by Crippen LogP contribution is -2.16. The van der Waals surface area contributed by atoms with Crippen LogP contribution in [0.5, 0.6) is 0 Å². The van der Waals surface area contributed by atoms with Gasteiger partial charge in [0, 0.05) is 61.0 Å². The first kappa shape index (κ1) is 42.2. The topological polar surface area (TPSA) is 45.5 Å². The monoisotopic (exact) mass is 928 g/mol. The third-order valence-electron chi connectivity index (χ3n) is 15.3. The summed E-state index contributed by atoms with van der Waals surface area (Å²) in [5, 5.41) is 9.60. The van der Waals surface area contributed by atoms with Gasteiger partial charge >= 0.3 is 0 Å². The van der Waals surface area contributed by atoms with Crippen LogP contribution in [0.3, 0.4) is 0 Å². The van der Waals surface area contributed by atoms with Crippen LogP contribution in [-0.4, -0.2) is 28.2 Å². The molecule has 6 nitrogen and oxygen atoms in total. The zero-order valence-corrected chi connectivity index (χ0v) is 41.8. The molecule has 346 valence electrons. The van der Waals surface area contributed by atoms with Crippen LogP contribution >= 0.6 is 0 Å². The SMILES string of the molecule is Cc1ccc2c(c1)c1cc(C)ccc1n2-c1nc(-n2c3ccc(C)cc3c3cc(C)ccc32)c(-n2c3ccc(C)cc3c3cc(C)ccc32)c(-c2ccncc2)c1-n1c2ccc(C)cc2c2cc(C)ccc21. The van der Waals surface area contributed by atoms with Crippen LogP contribution in [0.1, 0.15) is 44.5 Å². The molecule has 0 saturated carbocycles. The van der Waals surface area contributed by atoms with Gasteiger partial charge < -0.3 is 9.13 Å². The molecular weight excluding hydrogens is 877 g/mol. The Balaban J connectivity index is 1.33. The molecule has 0 saturated heterocycles. The summed E-state index contributed by atoms with van der Waals surface area (Å²) in [5.41, 5.74) is 22.6. The van der Waals surface area contributed by atoms with Crippen LogP contribution < -0.4 is 0 Å². The molecule has 0 radical (unpaired) electrons. The lowest BCUT2D eigenvalue weighted by Gasteiger charge is -2.27. The Kier molecular flexibility index (Phi) is 9.01. The average Bonchev–Trinajstić information content (AvgIpc) is 4.07. The van der Waals surface area contributed by atoms with Crippen molar-refractivity contribution in [3.8, 4) is 34.1 Å². The number of nitrogens with zero attached hydrogens (tertiary/aromatic N) is 6. The van der Waals surface area contributed by atoms with Crippen molar-refractivity contribution < 1.29 is 0 Å². The van der Waals surface area contributed by atoms with Gasteiger partial charge in [0.2, 0.25) is 0 Å². The number of pyridine rings is 2. The largest absolute Gasteiger partial charge is 0.305 e. The van der Waals surface area contributed by atoms with Gasteiger partial charge in [-0.3, -0.25) is 14.1 Å². The Hall–Kier alpha value is -8.74.